The zero-order valence-corrected chi connectivity index (χ0v) is 12.2. The van der Waals surface area contributed by atoms with Crippen molar-refractivity contribution in [3.05, 3.63) is 65.5 Å². The van der Waals surface area contributed by atoms with E-state index in [2.05, 4.69) is 29.3 Å². The Morgan fingerprint density at radius 2 is 1.90 bits per heavy atom. The Morgan fingerprint density at radius 3 is 2.67 bits per heavy atom. The fourth-order valence-corrected chi connectivity index (χ4v) is 2.45. The highest BCUT2D eigenvalue weighted by Gasteiger charge is 2.11. The number of allylic oxidation sites excluding steroid dienone is 1. The predicted octanol–water partition coefficient (Wildman–Crippen LogP) is 3.84. The molecule has 0 bridgehead atoms. The van der Waals surface area contributed by atoms with Gasteiger partial charge in [-0.3, -0.25) is 0 Å². The molecule has 0 radical (unpaired) electrons. The van der Waals surface area contributed by atoms with Crippen molar-refractivity contribution in [2.24, 2.45) is 7.05 Å². The lowest BCUT2D eigenvalue weighted by molar-refractivity contribution is 0.475. The van der Waals surface area contributed by atoms with Gasteiger partial charge >= 0.3 is 0 Å². The van der Waals surface area contributed by atoms with Crippen molar-refractivity contribution >= 4 is 17.1 Å². The zero-order chi connectivity index (χ0) is 14.8. The number of aromatic hydroxyl groups is 1. The molecule has 1 heterocycles. The second-order valence-electron chi connectivity index (χ2n) is 5.18. The van der Waals surface area contributed by atoms with E-state index >= 15 is 0 Å². The summed E-state index contributed by atoms with van der Waals surface area (Å²) in [6, 6.07) is 14.1. The van der Waals surface area contributed by atoms with Gasteiger partial charge in [-0.05, 0) is 25.0 Å². The van der Waals surface area contributed by atoms with E-state index in [0.717, 1.165) is 22.5 Å². The van der Waals surface area contributed by atoms with Gasteiger partial charge in [-0.15, -0.1) is 0 Å². The number of hydrogen-bond donors (Lipinski definition) is 1. The first-order valence-electron chi connectivity index (χ1n) is 7.02. The molecule has 0 aliphatic rings. The molecule has 3 rings (SSSR count). The number of aromatic nitrogens is 2. The monoisotopic (exact) mass is 278 g/mol. The van der Waals surface area contributed by atoms with Crippen LogP contribution in [-0.2, 0) is 13.5 Å². The van der Waals surface area contributed by atoms with Gasteiger partial charge in [0.25, 0.3) is 0 Å². The Labute approximate surface area is 124 Å². The number of aryl methyl sites for hydroxylation is 2. The normalized spacial score (nSPS) is 11.5. The van der Waals surface area contributed by atoms with E-state index in [0.29, 0.717) is 11.9 Å². The summed E-state index contributed by atoms with van der Waals surface area (Å²) >= 11 is 0. The minimum absolute atomic E-state index is 0.286. The van der Waals surface area contributed by atoms with Crippen LogP contribution in [0.2, 0.25) is 0 Å². The van der Waals surface area contributed by atoms with E-state index in [1.54, 1.807) is 0 Å². The fraction of sp³-hybridized carbons (Fsp3) is 0.167. The Morgan fingerprint density at radius 1 is 1.14 bits per heavy atom. The van der Waals surface area contributed by atoms with Gasteiger partial charge < -0.3 is 9.67 Å². The molecule has 3 nitrogen and oxygen atoms in total. The van der Waals surface area contributed by atoms with E-state index < -0.39 is 0 Å². The smallest absolute Gasteiger partial charge is 0.146 e. The average molecular weight is 278 g/mol. The summed E-state index contributed by atoms with van der Waals surface area (Å²) < 4.78 is 1.98. The van der Waals surface area contributed by atoms with E-state index in [1.165, 1.54) is 0 Å². The van der Waals surface area contributed by atoms with Gasteiger partial charge in [0.15, 0.2) is 0 Å². The maximum absolute atomic E-state index is 10.4. The molecule has 3 heteroatoms. The van der Waals surface area contributed by atoms with Crippen molar-refractivity contribution in [2.45, 2.75) is 13.3 Å². The lowest BCUT2D eigenvalue weighted by Crippen LogP contribution is -1.90. The van der Waals surface area contributed by atoms with Gasteiger partial charge in [0.1, 0.15) is 17.1 Å². The number of nitrogens with zero attached hydrogens (tertiary/aromatic N) is 2. The molecule has 0 aliphatic heterocycles. The van der Waals surface area contributed by atoms with Crippen molar-refractivity contribution < 1.29 is 5.11 Å². The number of phenols is 1. The highest BCUT2D eigenvalue weighted by molar-refractivity contribution is 5.83. The Hall–Kier alpha value is -2.55. The molecule has 0 saturated carbocycles. The minimum atomic E-state index is 0.286. The second-order valence-corrected chi connectivity index (χ2v) is 5.18. The topological polar surface area (TPSA) is 38.1 Å². The standard InChI is InChI=1S/C18H18N2O/c1-13-19-17-16(20(13)2)12-11-15(18(17)21)10-6-9-14-7-4-3-5-8-14/h3-9,11-12,21H,10H2,1-2H3/b9-6+. The van der Waals surface area contributed by atoms with Crippen molar-refractivity contribution in [2.75, 3.05) is 0 Å². The predicted molar refractivity (Wildman–Crippen MR) is 86.3 cm³/mol. The third-order valence-corrected chi connectivity index (χ3v) is 3.78. The van der Waals surface area contributed by atoms with Crippen LogP contribution in [0.3, 0.4) is 0 Å². The molecule has 1 aromatic heterocycles. The highest BCUT2D eigenvalue weighted by Crippen LogP contribution is 2.29. The summed E-state index contributed by atoms with van der Waals surface area (Å²) in [4.78, 5) is 4.43. The van der Waals surface area contributed by atoms with Gasteiger partial charge in [-0.25, -0.2) is 4.98 Å². The van der Waals surface area contributed by atoms with Crippen LogP contribution in [0.5, 0.6) is 5.75 Å². The van der Waals surface area contributed by atoms with Crippen LogP contribution in [0.4, 0.5) is 0 Å². The Balaban J connectivity index is 1.88. The molecule has 106 valence electrons. The van der Waals surface area contributed by atoms with Crippen LogP contribution in [-0.4, -0.2) is 14.7 Å². The van der Waals surface area contributed by atoms with Crippen molar-refractivity contribution in [1.29, 1.82) is 0 Å². The van der Waals surface area contributed by atoms with Crippen LogP contribution < -0.4 is 0 Å². The third-order valence-electron chi connectivity index (χ3n) is 3.78. The third kappa shape index (κ3) is 2.55. The molecule has 0 unspecified atom stereocenters. The first-order valence-corrected chi connectivity index (χ1v) is 7.02. The molecule has 21 heavy (non-hydrogen) atoms. The quantitative estimate of drug-likeness (QED) is 0.790. The second kappa shape index (κ2) is 5.44. The molecule has 2 aromatic carbocycles. The molecule has 3 aromatic rings. The molecule has 0 fully saturated rings. The average Bonchev–Trinajstić information content (AvgIpc) is 2.79. The van der Waals surface area contributed by atoms with Crippen LogP contribution in [0, 0.1) is 6.92 Å². The van der Waals surface area contributed by atoms with Crippen molar-refractivity contribution in [3.8, 4) is 5.75 Å². The van der Waals surface area contributed by atoms with Gasteiger partial charge in [-0.2, -0.15) is 0 Å². The SMILES string of the molecule is Cc1nc2c(O)c(C/C=C/c3ccccc3)ccc2n1C. The summed E-state index contributed by atoms with van der Waals surface area (Å²) in [5, 5.41) is 10.4. The molecule has 0 aliphatic carbocycles. The lowest BCUT2D eigenvalue weighted by atomic mass is 10.1. The number of phenolic OH excluding ortho intramolecular Hbond substituents is 1. The van der Waals surface area contributed by atoms with Crippen LogP contribution in [0.15, 0.2) is 48.5 Å². The summed E-state index contributed by atoms with van der Waals surface area (Å²) in [7, 11) is 1.96. The molecule has 1 N–H and O–H groups in total. The number of fused-ring (bicyclic) bond motifs is 1. The van der Waals surface area contributed by atoms with Gasteiger partial charge in [0.2, 0.25) is 0 Å². The Bertz CT molecular complexity index is 801. The molecular formula is C18H18N2O. The van der Waals surface area contributed by atoms with E-state index in [4.69, 9.17) is 0 Å². The van der Waals surface area contributed by atoms with Crippen molar-refractivity contribution in [1.82, 2.24) is 9.55 Å². The highest BCUT2D eigenvalue weighted by atomic mass is 16.3. The Kier molecular flexibility index (Phi) is 3.48. The van der Waals surface area contributed by atoms with Crippen LogP contribution in [0.25, 0.3) is 17.1 Å². The number of imidazole rings is 1. The number of rotatable bonds is 3. The lowest BCUT2D eigenvalue weighted by Gasteiger charge is -2.03. The summed E-state index contributed by atoms with van der Waals surface area (Å²) in [6.45, 7) is 1.94. The first-order chi connectivity index (χ1) is 10.2. The van der Waals surface area contributed by atoms with Gasteiger partial charge in [-0.1, -0.05) is 48.6 Å². The largest absolute Gasteiger partial charge is 0.505 e. The van der Waals surface area contributed by atoms with E-state index in [9.17, 15) is 5.11 Å². The molecule has 0 spiro atoms. The van der Waals surface area contributed by atoms with Crippen LogP contribution in [0.1, 0.15) is 17.0 Å². The zero-order valence-electron chi connectivity index (χ0n) is 12.2. The number of benzene rings is 2. The van der Waals surface area contributed by atoms with Crippen molar-refractivity contribution in [3.63, 3.8) is 0 Å². The summed E-state index contributed by atoms with van der Waals surface area (Å²) in [5.41, 5.74) is 3.70. The number of hydrogen-bond acceptors (Lipinski definition) is 2. The maximum Gasteiger partial charge on any atom is 0.146 e. The van der Waals surface area contributed by atoms with E-state index in [-0.39, 0.29) is 5.75 Å². The minimum Gasteiger partial charge on any atom is -0.505 e. The molecule has 0 amide bonds. The van der Waals surface area contributed by atoms with E-state index in [1.807, 2.05) is 48.9 Å². The summed E-state index contributed by atoms with van der Waals surface area (Å²) in [5.74, 6) is 1.19. The van der Waals surface area contributed by atoms with Crippen LogP contribution >= 0.6 is 0 Å². The molecule has 0 atom stereocenters. The molecular weight excluding hydrogens is 260 g/mol. The fourth-order valence-electron chi connectivity index (χ4n) is 2.45. The van der Waals surface area contributed by atoms with Gasteiger partial charge in [0.05, 0.1) is 5.52 Å². The first kappa shape index (κ1) is 13.4. The molecule has 0 saturated heterocycles. The summed E-state index contributed by atoms with van der Waals surface area (Å²) in [6.07, 6.45) is 4.81. The maximum atomic E-state index is 10.4. The van der Waals surface area contributed by atoms with Gasteiger partial charge in [0, 0.05) is 12.6 Å².